The molecular weight excluding hydrogens is 421 g/mol. The van der Waals surface area contributed by atoms with Gasteiger partial charge in [-0.1, -0.05) is 36.8 Å². The maximum Gasteiger partial charge on any atom is 0.490 e. The van der Waals surface area contributed by atoms with Crippen LogP contribution in [0.15, 0.2) is 30.3 Å². The molecule has 5 nitrogen and oxygen atoms in total. The van der Waals surface area contributed by atoms with E-state index in [2.05, 4.69) is 40.1 Å². The van der Waals surface area contributed by atoms with Crippen molar-refractivity contribution in [1.82, 2.24) is 9.80 Å². The Morgan fingerprint density at radius 1 is 1.00 bits per heavy atom. The number of piperidine rings is 1. The van der Waals surface area contributed by atoms with Crippen molar-refractivity contribution in [3.8, 4) is 0 Å². The Morgan fingerprint density at radius 2 is 1.56 bits per heavy atom. The molecule has 1 amide bonds. The van der Waals surface area contributed by atoms with Crippen molar-refractivity contribution in [2.75, 3.05) is 26.2 Å². The standard InChI is InChI=1S/C22H30N2O.C2HF3O2/c25-21-22(11-13-23(14-12-22)15-17-5-4-6-17)20(19-7-2-1-3-8-19)24(21)16-18-9-10-18;3-2(4,5)1(6)7/h1-3,7-8,17-18,20H,4-6,9-16H2;(H,6,7). The highest BCUT2D eigenvalue weighted by atomic mass is 19.4. The SMILES string of the molecule is O=C(O)C(F)(F)F.O=C1N(CC2CC2)C(c2ccccc2)C12CCN(CC1CCC1)CC2. The van der Waals surface area contributed by atoms with Gasteiger partial charge in [0.25, 0.3) is 0 Å². The van der Waals surface area contributed by atoms with E-state index < -0.39 is 12.1 Å². The fourth-order valence-corrected chi connectivity index (χ4v) is 5.32. The third kappa shape index (κ3) is 4.80. The fraction of sp³-hybridized carbons (Fsp3) is 0.667. The van der Waals surface area contributed by atoms with Crippen LogP contribution in [0.4, 0.5) is 13.2 Å². The number of rotatable bonds is 5. The van der Waals surface area contributed by atoms with Crippen LogP contribution < -0.4 is 0 Å². The lowest BCUT2D eigenvalue weighted by Crippen LogP contribution is -2.66. The third-order valence-corrected chi connectivity index (χ3v) is 7.52. The van der Waals surface area contributed by atoms with E-state index in [1.54, 1.807) is 0 Å². The molecule has 0 bridgehead atoms. The van der Waals surface area contributed by atoms with Gasteiger partial charge in [0.1, 0.15) is 0 Å². The average Bonchev–Trinajstić information content (AvgIpc) is 3.56. The number of β-lactam (4-membered cyclic amide) rings is 1. The smallest absolute Gasteiger partial charge is 0.475 e. The van der Waals surface area contributed by atoms with Gasteiger partial charge >= 0.3 is 12.1 Å². The number of aliphatic carboxylic acids is 1. The van der Waals surface area contributed by atoms with Crippen LogP contribution in [0, 0.1) is 17.3 Å². The number of hydrogen-bond donors (Lipinski definition) is 1. The zero-order chi connectivity index (χ0) is 22.9. The normalized spacial score (nSPS) is 25.5. The average molecular weight is 453 g/mol. The van der Waals surface area contributed by atoms with E-state index in [-0.39, 0.29) is 5.41 Å². The van der Waals surface area contributed by atoms with Crippen molar-refractivity contribution in [2.24, 2.45) is 17.3 Å². The van der Waals surface area contributed by atoms with E-state index in [9.17, 15) is 18.0 Å². The number of carboxylic acids is 1. The van der Waals surface area contributed by atoms with Crippen molar-refractivity contribution < 1.29 is 27.9 Å². The van der Waals surface area contributed by atoms with E-state index in [1.165, 1.54) is 44.2 Å². The van der Waals surface area contributed by atoms with Gasteiger partial charge in [0.15, 0.2) is 0 Å². The number of nitrogens with zero attached hydrogens (tertiary/aromatic N) is 2. The zero-order valence-corrected chi connectivity index (χ0v) is 18.2. The van der Waals surface area contributed by atoms with Gasteiger partial charge in [0.2, 0.25) is 5.91 Å². The number of halogens is 3. The second kappa shape index (κ2) is 9.04. The number of carboxylic acid groups (broad SMARTS) is 1. The number of hydrogen-bond acceptors (Lipinski definition) is 3. The molecule has 2 aliphatic heterocycles. The van der Waals surface area contributed by atoms with Crippen LogP contribution in [0.2, 0.25) is 0 Å². The summed E-state index contributed by atoms with van der Waals surface area (Å²) in [6, 6.07) is 11.1. The maximum atomic E-state index is 13.2. The molecule has 2 heterocycles. The molecule has 5 rings (SSSR count). The van der Waals surface area contributed by atoms with Crippen LogP contribution in [-0.2, 0) is 9.59 Å². The van der Waals surface area contributed by atoms with Gasteiger partial charge in [0, 0.05) is 13.1 Å². The van der Waals surface area contributed by atoms with Crippen LogP contribution in [0.25, 0.3) is 0 Å². The molecule has 1 atom stereocenters. The van der Waals surface area contributed by atoms with Gasteiger partial charge in [-0.25, -0.2) is 4.79 Å². The molecule has 0 aromatic heterocycles. The molecule has 4 aliphatic rings. The fourth-order valence-electron chi connectivity index (χ4n) is 5.32. The molecular formula is C24H31F3N2O3. The van der Waals surface area contributed by atoms with Crippen LogP contribution in [0.5, 0.6) is 0 Å². The zero-order valence-electron chi connectivity index (χ0n) is 18.2. The van der Waals surface area contributed by atoms with E-state index in [4.69, 9.17) is 9.90 Å². The highest BCUT2D eigenvalue weighted by Gasteiger charge is 2.61. The van der Waals surface area contributed by atoms with Gasteiger partial charge < -0.3 is 14.9 Å². The first-order valence-electron chi connectivity index (χ1n) is 11.6. The Labute approximate surface area is 186 Å². The lowest BCUT2D eigenvalue weighted by molar-refractivity contribution is -0.192. The molecule has 2 aliphatic carbocycles. The lowest BCUT2D eigenvalue weighted by Gasteiger charge is -2.59. The van der Waals surface area contributed by atoms with Gasteiger partial charge in [-0.2, -0.15) is 13.2 Å². The van der Waals surface area contributed by atoms with Gasteiger partial charge in [-0.15, -0.1) is 0 Å². The first-order valence-corrected chi connectivity index (χ1v) is 11.6. The second-order valence-electron chi connectivity index (χ2n) is 9.77. The van der Waals surface area contributed by atoms with Crippen LogP contribution in [0.3, 0.4) is 0 Å². The van der Waals surface area contributed by atoms with E-state index in [1.807, 2.05) is 0 Å². The molecule has 0 radical (unpaired) electrons. The Balaban J connectivity index is 0.000000307. The summed E-state index contributed by atoms with van der Waals surface area (Å²) in [5.74, 6) is -0.599. The summed E-state index contributed by atoms with van der Waals surface area (Å²) in [5, 5.41) is 7.12. The molecule has 1 unspecified atom stereocenters. The summed E-state index contributed by atoms with van der Waals surface area (Å²) in [7, 11) is 0. The first kappa shape index (κ1) is 23.1. The van der Waals surface area contributed by atoms with E-state index in [0.29, 0.717) is 11.9 Å². The molecule has 2 saturated carbocycles. The molecule has 1 aromatic rings. The molecule has 4 fully saturated rings. The van der Waals surface area contributed by atoms with Crippen LogP contribution >= 0.6 is 0 Å². The van der Waals surface area contributed by atoms with Gasteiger partial charge in [-0.05, 0) is 69.0 Å². The number of carbonyl (C=O) groups is 2. The Hall–Kier alpha value is -2.09. The summed E-state index contributed by atoms with van der Waals surface area (Å²) in [5.41, 5.74) is 1.25. The Kier molecular flexibility index (Phi) is 6.52. The molecule has 2 saturated heterocycles. The van der Waals surface area contributed by atoms with Gasteiger partial charge in [-0.3, -0.25) is 4.79 Å². The molecule has 1 N–H and O–H groups in total. The molecule has 1 spiro atoms. The highest BCUT2D eigenvalue weighted by molar-refractivity contribution is 5.91. The monoisotopic (exact) mass is 452 g/mol. The molecule has 1 aromatic carbocycles. The van der Waals surface area contributed by atoms with Crippen molar-refractivity contribution >= 4 is 11.9 Å². The lowest BCUT2D eigenvalue weighted by atomic mass is 9.62. The predicted octanol–water partition coefficient (Wildman–Crippen LogP) is 4.50. The number of carbonyl (C=O) groups excluding carboxylic acids is 1. The largest absolute Gasteiger partial charge is 0.490 e. The summed E-state index contributed by atoms with van der Waals surface area (Å²) in [6.07, 6.45) is 3.91. The Morgan fingerprint density at radius 3 is 2.03 bits per heavy atom. The number of likely N-dealkylation sites (tertiary alicyclic amines) is 2. The topological polar surface area (TPSA) is 60.9 Å². The maximum absolute atomic E-state index is 13.2. The minimum absolute atomic E-state index is 0.105. The quantitative estimate of drug-likeness (QED) is 0.669. The summed E-state index contributed by atoms with van der Waals surface area (Å²) < 4.78 is 31.7. The van der Waals surface area contributed by atoms with Crippen LogP contribution in [0.1, 0.15) is 56.6 Å². The van der Waals surface area contributed by atoms with Crippen molar-refractivity contribution in [1.29, 1.82) is 0 Å². The number of benzene rings is 1. The summed E-state index contributed by atoms with van der Waals surface area (Å²) in [6.45, 7) is 4.49. The first-order chi connectivity index (χ1) is 15.2. The van der Waals surface area contributed by atoms with E-state index >= 15 is 0 Å². The highest BCUT2D eigenvalue weighted by Crippen LogP contribution is 2.57. The van der Waals surface area contributed by atoms with Crippen molar-refractivity contribution in [3.63, 3.8) is 0 Å². The molecule has 32 heavy (non-hydrogen) atoms. The minimum Gasteiger partial charge on any atom is -0.475 e. The van der Waals surface area contributed by atoms with E-state index in [0.717, 1.165) is 44.3 Å². The number of alkyl halides is 3. The van der Waals surface area contributed by atoms with Crippen LogP contribution in [-0.4, -0.2) is 59.1 Å². The third-order valence-electron chi connectivity index (χ3n) is 7.52. The summed E-state index contributed by atoms with van der Waals surface area (Å²) in [4.78, 5) is 26.9. The van der Waals surface area contributed by atoms with Crippen molar-refractivity contribution in [3.05, 3.63) is 35.9 Å². The molecule has 176 valence electrons. The summed E-state index contributed by atoms with van der Waals surface area (Å²) >= 11 is 0. The minimum atomic E-state index is -5.08. The molecule has 8 heteroatoms. The van der Waals surface area contributed by atoms with Crippen molar-refractivity contribution in [2.45, 2.75) is 57.2 Å². The Bertz CT molecular complexity index is 814. The predicted molar refractivity (Wildman–Crippen MR) is 113 cm³/mol. The second-order valence-corrected chi connectivity index (χ2v) is 9.77. The number of amides is 1. The van der Waals surface area contributed by atoms with Gasteiger partial charge in [0.05, 0.1) is 11.5 Å².